The maximum atomic E-state index is 12.5. The van der Waals surface area contributed by atoms with E-state index in [0.29, 0.717) is 28.2 Å². The lowest BCUT2D eigenvalue weighted by Gasteiger charge is -2.07. The van der Waals surface area contributed by atoms with Crippen LogP contribution in [0.4, 0.5) is 5.00 Å². The number of unbranched alkanes of at least 4 members (excludes halogenated alkanes) is 1. The molecule has 8 nitrogen and oxygen atoms in total. The number of aromatic nitrogens is 3. The van der Waals surface area contributed by atoms with Crippen molar-refractivity contribution in [2.75, 3.05) is 24.8 Å². The van der Waals surface area contributed by atoms with E-state index in [0.717, 1.165) is 35.5 Å². The lowest BCUT2D eigenvalue weighted by molar-refractivity contribution is -0.113. The van der Waals surface area contributed by atoms with Crippen molar-refractivity contribution in [1.29, 1.82) is 0 Å². The summed E-state index contributed by atoms with van der Waals surface area (Å²) in [5.74, 6) is 0.973. The van der Waals surface area contributed by atoms with Gasteiger partial charge in [0, 0.05) is 17.5 Å². The van der Waals surface area contributed by atoms with Gasteiger partial charge >= 0.3 is 5.97 Å². The lowest BCUT2D eigenvalue weighted by Crippen LogP contribution is -2.16. The number of amides is 1. The van der Waals surface area contributed by atoms with E-state index >= 15 is 0 Å². The van der Waals surface area contributed by atoms with Crippen LogP contribution in [0.3, 0.4) is 0 Å². The zero-order chi connectivity index (χ0) is 23.8. The minimum atomic E-state index is -0.464. The molecule has 10 heteroatoms. The molecular formula is C23H28N4O4S2. The van der Waals surface area contributed by atoms with Crippen LogP contribution < -0.4 is 10.1 Å². The van der Waals surface area contributed by atoms with Gasteiger partial charge in [-0.3, -0.25) is 4.79 Å². The van der Waals surface area contributed by atoms with E-state index in [2.05, 4.69) is 22.4 Å². The maximum Gasteiger partial charge on any atom is 0.340 e. The fourth-order valence-electron chi connectivity index (χ4n) is 2.99. The van der Waals surface area contributed by atoms with E-state index in [-0.39, 0.29) is 11.7 Å². The van der Waals surface area contributed by atoms with Gasteiger partial charge in [0.1, 0.15) is 10.8 Å². The zero-order valence-corrected chi connectivity index (χ0v) is 20.8. The normalized spacial score (nSPS) is 10.8. The summed E-state index contributed by atoms with van der Waals surface area (Å²) in [6, 6.07) is 9.49. The molecule has 2 heterocycles. The summed E-state index contributed by atoms with van der Waals surface area (Å²) in [6.45, 7) is 4.83. The number of nitrogens with zero attached hydrogens (tertiary/aromatic N) is 3. The number of anilines is 1. The van der Waals surface area contributed by atoms with E-state index in [1.165, 1.54) is 30.2 Å². The molecule has 0 saturated carbocycles. The molecule has 33 heavy (non-hydrogen) atoms. The Balaban J connectivity index is 1.61. The molecule has 1 N–H and O–H groups in total. The Morgan fingerprint density at radius 1 is 1.18 bits per heavy atom. The minimum Gasteiger partial charge on any atom is -0.494 e. The number of hydrogen-bond acceptors (Lipinski definition) is 8. The second-order valence-corrected chi connectivity index (χ2v) is 9.31. The van der Waals surface area contributed by atoms with Crippen LogP contribution in [0.15, 0.2) is 35.5 Å². The van der Waals surface area contributed by atoms with E-state index in [1.54, 1.807) is 6.07 Å². The Morgan fingerprint density at radius 3 is 2.61 bits per heavy atom. The first kappa shape index (κ1) is 24.8. The smallest absolute Gasteiger partial charge is 0.340 e. The first-order valence-corrected chi connectivity index (χ1v) is 12.5. The third kappa shape index (κ3) is 6.35. The van der Waals surface area contributed by atoms with Gasteiger partial charge in [-0.25, -0.2) is 4.79 Å². The summed E-state index contributed by atoms with van der Waals surface area (Å²) < 4.78 is 12.4. The van der Waals surface area contributed by atoms with E-state index in [9.17, 15) is 9.59 Å². The van der Waals surface area contributed by atoms with Crippen LogP contribution in [-0.2, 0) is 23.0 Å². The largest absolute Gasteiger partial charge is 0.494 e. The number of benzene rings is 1. The number of ether oxygens (including phenoxy) is 2. The van der Waals surface area contributed by atoms with E-state index < -0.39 is 5.97 Å². The fourth-order valence-corrected chi connectivity index (χ4v) is 4.70. The molecule has 0 spiro atoms. The zero-order valence-electron chi connectivity index (χ0n) is 19.2. The second-order valence-electron chi connectivity index (χ2n) is 7.23. The highest BCUT2D eigenvalue weighted by molar-refractivity contribution is 7.99. The van der Waals surface area contributed by atoms with Crippen LogP contribution in [-0.4, -0.2) is 46.1 Å². The van der Waals surface area contributed by atoms with Crippen molar-refractivity contribution < 1.29 is 19.1 Å². The second kappa shape index (κ2) is 11.9. The molecule has 3 rings (SSSR count). The average molecular weight is 489 g/mol. The van der Waals surface area contributed by atoms with Gasteiger partial charge in [-0.2, -0.15) is 0 Å². The molecule has 2 aromatic heterocycles. The van der Waals surface area contributed by atoms with Crippen molar-refractivity contribution in [3.05, 3.63) is 40.8 Å². The Morgan fingerprint density at radius 2 is 1.94 bits per heavy atom. The highest BCUT2D eigenvalue weighted by Gasteiger charge is 2.19. The summed E-state index contributed by atoms with van der Waals surface area (Å²) in [7, 11) is 3.19. The first-order valence-electron chi connectivity index (χ1n) is 10.7. The topological polar surface area (TPSA) is 95.3 Å². The van der Waals surface area contributed by atoms with Crippen LogP contribution >= 0.6 is 23.1 Å². The molecule has 0 bridgehead atoms. The molecular weight excluding hydrogens is 460 g/mol. The number of rotatable bonds is 11. The Hall–Kier alpha value is -2.85. The highest BCUT2D eigenvalue weighted by Crippen LogP contribution is 2.30. The van der Waals surface area contributed by atoms with E-state index in [4.69, 9.17) is 9.47 Å². The average Bonchev–Trinajstić information content (AvgIpc) is 3.41. The lowest BCUT2D eigenvalue weighted by atomic mass is 10.2. The fraction of sp³-hybridized carbons (Fsp3) is 0.391. The summed E-state index contributed by atoms with van der Waals surface area (Å²) in [4.78, 5) is 25.5. The van der Waals surface area contributed by atoms with Crippen LogP contribution in [0, 0.1) is 0 Å². The van der Waals surface area contributed by atoms with Crippen LogP contribution in [0.2, 0.25) is 0 Å². The van der Waals surface area contributed by atoms with Gasteiger partial charge < -0.3 is 19.4 Å². The maximum absolute atomic E-state index is 12.5. The molecule has 0 unspecified atom stereocenters. The molecule has 176 valence electrons. The molecule has 1 amide bonds. The minimum absolute atomic E-state index is 0.135. The summed E-state index contributed by atoms with van der Waals surface area (Å²) in [6.07, 6.45) is 2.89. The SMILES string of the molecule is CCCCOc1ccc(-c2nnc(SCC(=O)Nc3sc(CC)cc3C(=O)OC)n2C)cc1. The first-order chi connectivity index (χ1) is 16.0. The van der Waals surface area contributed by atoms with Gasteiger partial charge in [0.25, 0.3) is 0 Å². The Labute approximate surface area is 201 Å². The predicted octanol–water partition coefficient (Wildman–Crippen LogP) is 4.80. The summed E-state index contributed by atoms with van der Waals surface area (Å²) in [5.41, 5.74) is 1.29. The van der Waals surface area contributed by atoms with Crippen molar-refractivity contribution in [3.63, 3.8) is 0 Å². The van der Waals surface area contributed by atoms with E-state index in [1.807, 2.05) is 42.8 Å². The van der Waals surface area contributed by atoms with Crippen LogP contribution in [0.1, 0.15) is 41.9 Å². The van der Waals surface area contributed by atoms with Gasteiger partial charge in [0.05, 0.1) is 25.0 Å². The molecule has 0 atom stereocenters. The molecule has 0 saturated heterocycles. The third-order valence-electron chi connectivity index (χ3n) is 4.84. The quantitative estimate of drug-likeness (QED) is 0.235. The molecule has 0 aliphatic carbocycles. The third-order valence-corrected chi connectivity index (χ3v) is 7.05. The van der Waals surface area contributed by atoms with Gasteiger partial charge in [-0.15, -0.1) is 21.5 Å². The number of hydrogen-bond donors (Lipinski definition) is 1. The number of aryl methyl sites for hydroxylation is 1. The molecule has 0 radical (unpaired) electrons. The molecule has 0 aliphatic heterocycles. The number of methoxy groups -OCH3 is 1. The molecule has 3 aromatic rings. The highest BCUT2D eigenvalue weighted by atomic mass is 32.2. The van der Waals surface area contributed by atoms with Gasteiger partial charge in [-0.05, 0) is 43.2 Å². The van der Waals surface area contributed by atoms with Gasteiger partial charge in [0.15, 0.2) is 11.0 Å². The predicted molar refractivity (Wildman–Crippen MR) is 131 cm³/mol. The van der Waals surface area contributed by atoms with Crippen molar-refractivity contribution in [3.8, 4) is 17.1 Å². The number of thiophene rings is 1. The number of thioether (sulfide) groups is 1. The van der Waals surface area contributed by atoms with Crippen molar-refractivity contribution in [1.82, 2.24) is 14.8 Å². The van der Waals surface area contributed by atoms with Gasteiger partial charge in [0.2, 0.25) is 5.91 Å². The molecule has 0 aliphatic rings. The molecule has 0 fully saturated rings. The van der Waals surface area contributed by atoms with Crippen molar-refractivity contribution >= 4 is 40.0 Å². The summed E-state index contributed by atoms with van der Waals surface area (Å²) >= 11 is 2.66. The van der Waals surface area contributed by atoms with Crippen molar-refractivity contribution in [2.24, 2.45) is 7.05 Å². The Bertz CT molecular complexity index is 1090. The number of carbonyl (C=O) groups is 2. The number of carbonyl (C=O) groups excluding carboxylic acids is 2. The number of esters is 1. The van der Waals surface area contributed by atoms with Crippen molar-refractivity contribution in [2.45, 2.75) is 38.3 Å². The van der Waals surface area contributed by atoms with Crippen LogP contribution in [0.25, 0.3) is 11.4 Å². The standard InChI is InChI=1S/C23H28N4O4S2/c1-5-7-12-31-16-10-8-15(9-11-16)20-25-26-23(27(20)3)32-14-19(28)24-21-18(22(29)30-4)13-17(6-2)33-21/h8-11,13H,5-7,12,14H2,1-4H3,(H,24,28). The van der Waals surface area contributed by atoms with Crippen LogP contribution in [0.5, 0.6) is 5.75 Å². The Kier molecular flexibility index (Phi) is 8.90. The molecule has 1 aromatic carbocycles. The monoisotopic (exact) mass is 488 g/mol. The summed E-state index contributed by atoms with van der Waals surface area (Å²) in [5, 5.41) is 12.4. The van der Waals surface area contributed by atoms with Gasteiger partial charge in [-0.1, -0.05) is 32.0 Å². The number of nitrogens with one attached hydrogen (secondary N) is 1.